The smallest absolute Gasteiger partial charge is 0.0589 e. The second kappa shape index (κ2) is 7.11. The summed E-state index contributed by atoms with van der Waals surface area (Å²) in [4.78, 5) is 1.09. The van der Waals surface area contributed by atoms with Crippen LogP contribution >= 0.6 is 27.7 Å². The SMILES string of the molecule is NCCOCCSc1ccc(Br)cc1N. The lowest BCUT2D eigenvalue weighted by Crippen LogP contribution is -2.09. The molecule has 0 aliphatic carbocycles. The van der Waals surface area contributed by atoms with Gasteiger partial charge in [-0.1, -0.05) is 15.9 Å². The van der Waals surface area contributed by atoms with Gasteiger partial charge in [-0.05, 0) is 18.2 Å². The molecule has 4 N–H and O–H groups in total. The zero-order valence-electron chi connectivity index (χ0n) is 8.41. The normalized spacial score (nSPS) is 10.5. The van der Waals surface area contributed by atoms with Crippen molar-refractivity contribution in [3.63, 3.8) is 0 Å². The summed E-state index contributed by atoms with van der Waals surface area (Å²) in [5.41, 5.74) is 12.0. The number of hydrogen-bond acceptors (Lipinski definition) is 4. The Morgan fingerprint density at radius 3 is 2.80 bits per heavy atom. The van der Waals surface area contributed by atoms with E-state index >= 15 is 0 Å². The summed E-state index contributed by atoms with van der Waals surface area (Å²) in [5.74, 6) is 0.895. The van der Waals surface area contributed by atoms with Crippen LogP contribution in [0.25, 0.3) is 0 Å². The lowest BCUT2D eigenvalue weighted by Gasteiger charge is -2.06. The van der Waals surface area contributed by atoms with E-state index in [1.165, 1.54) is 0 Å². The van der Waals surface area contributed by atoms with Crippen molar-refractivity contribution in [1.29, 1.82) is 0 Å². The first-order chi connectivity index (χ1) is 7.24. The molecule has 0 amide bonds. The molecule has 0 saturated heterocycles. The zero-order chi connectivity index (χ0) is 11.1. The average molecular weight is 291 g/mol. The van der Waals surface area contributed by atoms with E-state index in [-0.39, 0.29) is 0 Å². The summed E-state index contributed by atoms with van der Waals surface area (Å²) in [6, 6.07) is 5.90. The van der Waals surface area contributed by atoms with Crippen LogP contribution in [0.4, 0.5) is 5.69 Å². The van der Waals surface area contributed by atoms with Crippen molar-refractivity contribution in [2.75, 3.05) is 31.2 Å². The summed E-state index contributed by atoms with van der Waals surface area (Å²) < 4.78 is 6.28. The van der Waals surface area contributed by atoms with Gasteiger partial charge in [0.25, 0.3) is 0 Å². The summed E-state index contributed by atoms with van der Waals surface area (Å²) in [6.07, 6.45) is 0. The van der Waals surface area contributed by atoms with Gasteiger partial charge in [0.1, 0.15) is 0 Å². The molecule has 0 saturated carbocycles. The topological polar surface area (TPSA) is 61.3 Å². The van der Waals surface area contributed by atoms with Gasteiger partial charge in [-0.15, -0.1) is 11.8 Å². The fraction of sp³-hybridized carbons (Fsp3) is 0.400. The molecular weight excluding hydrogens is 276 g/mol. The molecule has 0 atom stereocenters. The number of hydrogen-bond donors (Lipinski definition) is 2. The molecule has 0 aliphatic rings. The summed E-state index contributed by atoms with van der Waals surface area (Å²) in [5, 5.41) is 0. The fourth-order valence-electron chi connectivity index (χ4n) is 1.05. The van der Waals surface area contributed by atoms with Crippen LogP contribution in [-0.2, 0) is 4.74 Å². The van der Waals surface area contributed by atoms with E-state index in [1.54, 1.807) is 11.8 Å². The quantitative estimate of drug-likeness (QED) is 0.479. The molecule has 0 unspecified atom stereocenters. The van der Waals surface area contributed by atoms with Crippen LogP contribution in [0.3, 0.4) is 0 Å². The number of rotatable bonds is 6. The van der Waals surface area contributed by atoms with Gasteiger partial charge < -0.3 is 16.2 Å². The molecule has 1 rings (SSSR count). The number of nitrogens with two attached hydrogens (primary N) is 2. The maximum absolute atomic E-state index is 5.85. The van der Waals surface area contributed by atoms with Gasteiger partial charge in [0, 0.05) is 27.4 Å². The highest BCUT2D eigenvalue weighted by Gasteiger charge is 2.00. The van der Waals surface area contributed by atoms with E-state index < -0.39 is 0 Å². The summed E-state index contributed by atoms with van der Waals surface area (Å²) in [7, 11) is 0. The predicted molar refractivity (Wildman–Crippen MR) is 69.2 cm³/mol. The van der Waals surface area contributed by atoms with E-state index in [0.717, 1.165) is 20.8 Å². The molecule has 0 aromatic heterocycles. The lowest BCUT2D eigenvalue weighted by molar-refractivity contribution is 0.158. The standard InChI is InChI=1S/C10H15BrN2OS/c11-8-1-2-10(9(13)7-8)15-6-5-14-4-3-12/h1-2,7H,3-6,12-13H2. The van der Waals surface area contributed by atoms with E-state index in [4.69, 9.17) is 16.2 Å². The minimum Gasteiger partial charge on any atom is -0.398 e. The van der Waals surface area contributed by atoms with Crippen LogP contribution in [0.1, 0.15) is 0 Å². The molecular formula is C10H15BrN2OS. The van der Waals surface area contributed by atoms with Gasteiger partial charge in [0.2, 0.25) is 0 Å². The minimum atomic E-state index is 0.574. The van der Waals surface area contributed by atoms with Crippen LogP contribution in [-0.4, -0.2) is 25.5 Å². The highest BCUT2D eigenvalue weighted by molar-refractivity contribution is 9.10. The van der Waals surface area contributed by atoms with E-state index in [9.17, 15) is 0 Å². The van der Waals surface area contributed by atoms with Crippen LogP contribution < -0.4 is 11.5 Å². The molecule has 84 valence electrons. The third-order valence-electron chi connectivity index (χ3n) is 1.72. The monoisotopic (exact) mass is 290 g/mol. The number of anilines is 1. The van der Waals surface area contributed by atoms with Crippen molar-refractivity contribution in [1.82, 2.24) is 0 Å². The van der Waals surface area contributed by atoms with Crippen molar-refractivity contribution in [3.05, 3.63) is 22.7 Å². The Labute approximate surface area is 103 Å². The molecule has 0 heterocycles. The molecule has 0 radical (unpaired) electrons. The molecule has 1 aromatic rings. The fourth-order valence-corrected chi connectivity index (χ4v) is 2.24. The Kier molecular flexibility index (Phi) is 6.09. The summed E-state index contributed by atoms with van der Waals surface area (Å²) in [6.45, 7) is 1.90. The van der Waals surface area contributed by atoms with Crippen molar-refractivity contribution >= 4 is 33.4 Å². The van der Waals surface area contributed by atoms with Crippen molar-refractivity contribution in [2.45, 2.75) is 4.90 Å². The van der Waals surface area contributed by atoms with Crippen molar-refractivity contribution in [3.8, 4) is 0 Å². The number of thioether (sulfide) groups is 1. The van der Waals surface area contributed by atoms with Gasteiger partial charge in [-0.25, -0.2) is 0 Å². The molecule has 1 aromatic carbocycles. The van der Waals surface area contributed by atoms with Crippen LogP contribution in [0, 0.1) is 0 Å². The molecule has 0 bridgehead atoms. The minimum absolute atomic E-state index is 0.574. The maximum Gasteiger partial charge on any atom is 0.0589 e. The number of benzene rings is 1. The summed E-state index contributed by atoms with van der Waals surface area (Å²) >= 11 is 5.07. The third kappa shape index (κ3) is 4.88. The van der Waals surface area contributed by atoms with Gasteiger partial charge in [-0.3, -0.25) is 0 Å². The van der Waals surface area contributed by atoms with Gasteiger partial charge in [-0.2, -0.15) is 0 Å². The Morgan fingerprint density at radius 1 is 1.33 bits per heavy atom. The van der Waals surface area contributed by atoms with E-state index in [2.05, 4.69) is 15.9 Å². The van der Waals surface area contributed by atoms with Gasteiger partial charge in [0.05, 0.1) is 13.2 Å². The molecule has 3 nitrogen and oxygen atoms in total. The molecule has 0 aliphatic heterocycles. The second-order valence-electron chi connectivity index (χ2n) is 2.93. The second-order valence-corrected chi connectivity index (χ2v) is 4.98. The Balaban J connectivity index is 2.31. The number of ether oxygens (including phenoxy) is 1. The number of nitrogen functional groups attached to an aromatic ring is 1. The first-order valence-corrected chi connectivity index (χ1v) is 6.47. The Bertz CT molecular complexity index is 309. The largest absolute Gasteiger partial charge is 0.398 e. The Hall–Kier alpha value is -0.230. The lowest BCUT2D eigenvalue weighted by atomic mass is 10.3. The van der Waals surface area contributed by atoms with E-state index in [0.29, 0.717) is 19.8 Å². The first kappa shape index (κ1) is 12.8. The van der Waals surface area contributed by atoms with E-state index in [1.807, 2.05) is 18.2 Å². The van der Waals surface area contributed by atoms with Crippen LogP contribution in [0.15, 0.2) is 27.6 Å². The average Bonchev–Trinajstić information content (AvgIpc) is 2.20. The maximum atomic E-state index is 5.85. The molecule has 0 fully saturated rings. The van der Waals surface area contributed by atoms with Crippen molar-refractivity contribution < 1.29 is 4.74 Å². The molecule has 0 spiro atoms. The first-order valence-electron chi connectivity index (χ1n) is 4.69. The predicted octanol–water partition coefficient (Wildman–Crippen LogP) is 2.10. The highest BCUT2D eigenvalue weighted by atomic mass is 79.9. The van der Waals surface area contributed by atoms with Crippen LogP contribution in [0.5, 0.6) is 0 Å². The molecule has 5 heteroatoms. The third-order valence-corrected chi connectivity index (χ3v) is 3.27. The zero-order valence-corrected chi connectivity index (χ0v) is 10.8. The molecule has 15 heavy (non-hydrogen) atoms. The van der Waals surface area contributed by atoms with Gasteiger partial charge in [0.15, 0.2) is 0 Å². The number of halogens is 1. The highest BCUT2D eigenvalue weighted by Crippen LogP contribution is 2.27. The van der Waals surface area contributed by atoms with Crippen LogP contribution in [0.2, 0.25) is 0 Å². The van der Waals surface area contributed by atoms with Gasteiger partial charge >= 0.3 is 0 Å². The van der Waals surface area contributed by atoms with Crippen molar-refractivity contribution in [2.24, 2.45) is 5.73 Å². The Morgan fingerprint density at radius 2 is 2.13 bits per heavy atom.